The zero-order chi connectivity index (χ0) is 60.6. The molecule has 2 aliphatic rings. The summed E-state index contributed by atoms with van der Waals surface area (Å²) < 4.78 is 40.8. The van der Waals surface area contributed by atoms with E-state index in [0.717, 1.165) is 48.8 Å². The Morgan fingerprint density at radius 3 is 2.12 bits per heavy atom. The van der Waals surface area contributed by atoms with Crippen LogP contribution in [0.4, 0.5) is 15.3 Å². The number of unbranched alkanes of at least 4 members (excludes halogenated alkanes) is 2. The first kappa shape index (κ1) is 66.0. The molecule has 0 saturated carbocycles. The second-order valence-electron chi connectivity index (χ2n) is 21.7. The average Bonchev–Trinajstić information content (AvgIpc) is 1.62. The molecule has 0 spiro atoms. The van der Waals surface area contributed by atoms with Crippen molar-refractivity contribution in [3.05, 3.63) is 86.7 Å². The van der Waals surface area contributed by atoms with Crippen molar-refractivity contribution in [2.45, 2.75) is 143 Å². The standard InChI is InChI=1S/C61H86N8O15/c1-7-44-45-34-43(19-20-49(45)66-54-46(44)36-69-51(54)35-48-47(57(69)73)38-83-58(74)61(48,77)8-2)82-27-13-24-64-60(76)84-37-41-15-17-42(18-16-41)65-55(71)50(14-12-23-63-59(62)75)67-56(72)53(40(5)6)68-52(70)22-29-81-33-31-79-26-11-9-10-25-78-30-32-80-28-21-39(3)4/h15-20,34-35,39-40,50,53,77H,7-14,21-33,36-38H2,1-6H3,(H,64,76)(H,65,71)(H,67,72)(H,68,70)(H3,62,63,75)/t50-,53-,61-/m0/s1. The molecule has 0 saturated heterocycles. The summed E-state index contributed by atoms with van der Waals surface area (Å²) in [6, 6.07) is 11.2. The number of anilines is 1. The van der Waals surface area contributed by atoms with E-state index in [2.05, 4.69) is 40.4 Å². The van der Waals surface area contributed by atoms with E-state index in [0.29, 0.717) is 98.7 Å². The molecule has 0 unspecified atom stereocenters. The fraction of sp³-hybridized carbons (Fsp3) is 0.574. The lowest BCUT2D eigenvalue weighted by Gasteiger charge is -2.31. The van der Waals surface area contributed by atoms with Crippen LogP contribution in [0, 0.1) is 11.8 Å². The number of rotatable bonds is 37. The topological polar surface area (TPSA) is 308 Å². The van der Waals surface area contributed by atoms with Gasteiger partial charge in [-0.15, -0.1) is 0 Å². The number of benzene rings is 2. The highest BCUT2D eigenvalue weighted by atomic mass is 16.6. The first-order valence-corrected chi connectivity index (χ1v) is 29.4. The van der Waals surface area contributed by atoms with E-state index < -0.39 is 47.6 Å². The number of esters is 1. The van der Waals surface area contributed by atoms with Crippen LogP contribution in [0.25, 0.3) is 22.3 Å². The lowest BCUT2D eigenvalue weighted by molar-refractivity contribution is -0.172. The number of ether oxygens (including phenoxy) is 7. The van der Waals surface area contributed by atoms with Crippen molar-refractivity contribution in [2.75, 3.05) is 77.9 Å². The van der Waals surface area contributed by atoms with Crippen LogP contribution in [-0.4, -0.2) is 135 Å². The molecule has 8 N–H and O–H groups in total. The number of carbonyl (C=O) groups is 6. The van der Waals surface area contributed by atoms with Crippen molar-refractivity contribution < 1.29 is 67.0 Å². The summed E-state index contributed by atoms with van der Waals surface area (Å²) in [6.45, 7) is 16.5. The van der Waals surface area contributed by atoms with Gasteiger partial charge in [0.25, 0.3) is 5.56 Å². The van der Waals surface area contributed by atoms with E-state index in [1.807, 2.05) is 25.1 Å². The number of nitrogens with two attached hydrogens (primary N) is 1. The summed E-state index contributed by atoms with van der Waals surface area (Å²) in [7, 11) is 0. The number of primary amides is 1. The van der Waals surface area contributed by atoms with E-state index >= 15 is 0 Å². The molecule has 2 aromatic carbocycles. The highest BCUT2D eigenvalue weighted by Gasteiger charge is 2.45. The summed E-state index contributed by atoms with van der Waals surface area (Å²) in [4.78, 5) is 95.5. The van der Waals surface area contributed by atoms with Crippen LogP contribution in [0.15, 0.2) is 53.3 Å². The number of urea groups is 1. The number of aryl methyl sites for hydroxylation is 1. The maximum absolute atomic E-state index is 13.7. The minimum Gasteiger partial charge on any atom is -0.494 e. The van der Waals surface area contributed by atoms with Crippen LogP contribution in [0.3, 0.4) is 0 Å². The van der Waals surface area contributed by atoms with Gasteiger partial charge in [0.05, 0.1) is 68.7 Å². The summed E-state index contributed by atoms with van der Waals surface area (Å²) in [5, 5.41) is 25.7. The fourth-order valence-electron chi connectivity index (χ4n) is 9.74. The number of hydrogen-bond donors (Lipinski definition) is 7. The molecule has 0 bridgehead atoms. The molecule has 460 valence electrons. The number of nitrogens with one attached hydrogen (secondary N) is 5. The van der Waals surface area contributed by atoms with Crippen molar-refractivity contribution in [3.63, 3.8) is 0 Å². The zero-order valence-corrected chi connectivity index (χ0v) is 49.5. The summed E-state index contributed by atoms with van der Waals surface area (Å²) in [5.74, 6) is -1.32. The molecule has 0 aliphatic carbocycles. The zero-order valence-electron chi connectivity index (χ0n) is 49.5. The fourth-order valence-corrected chi connectivity index (χ4v) is 9.74. The minimum absolute atomic E-state index is 0.0176. The molecule has 3 atom stereocenters. The number of amides is 6. The molecular formula is C61H86N8O15. The Morgan fingerprint density at radius 2 is 1.45 bits per heavy atom. The molecule has 4 aromatic rings. The number of aliphatic hydroxyl groups is 1. The third-order valence-electron chi connectivity index (χ3n) is 14.6. The number of aromatic nitrogens is 2. The van der Waals surface area contributed by atoms with Gasteiger partial charge in [-0.05, 0) is 117 Å². The van der Waals surface area contributed by atoms with Gasteiger partial charge in [0.15, 0.2) is 5.60 Å². The van der Waals surface area contributed by atoms with Crippen LogP contribution in [0.5, 0.6) is 5.75 Å². The SMILES string of the molecule is CCc1c2c(nc3ccc(OCCCNC(=O)OCc4ccc(NC(=O)[C@H](CCCNC(N)=O)NC(=O)[C@@H](NC(=O)CCOCCOCCCCCOCCOCCC(C)C)C(C)C)cc4)cc13)-c1cc3c(c(=O)n1C2)COC(=O)[C@]3(O)CC. The highest BCUT2D eigenvalue weighted by Crippen LogP contribution is 2.41. The summed E-state index contributed by atoms with van der Waals surface area (Å²) in [6.07, 6.45) is 4.90. The van der Waals surface area contributed by atoms with Gasteiger partial charge in [-0.25, -0.2) is 19.4 Å². The molecular weight excluding hydrogens is 1080 g/mol. The predicted molar refractivity (Wildman–Crippen MR) is 314 cm³/mol. The molecule has 0 radical (unpaired) electrons. The van der Waals surface area contributed by atoms with Gasteiger partial charge in [-0.2, -0.15) is 0 Å². The van der Waals surface area contributed by atoms with Crippen molar-refractivity contribution >= 4 is 52.4 Å². The van der Waals surface area contributed by atoms with Crippen molar-refractivity contribution in [3.8, 4) is 17.1 Å². The van der Waals surface area contributed by atoms with Gasteiger partial charge in [-0.1, -0.05) is 53.7 Å². The van der Waals surface area contributed by atoms with E-state index in [1.54, 1.807) is 55.7 Å². The first-order chi connectivity index (χ1) is 40.4. The van der Waals surface area contributed by atoms with Gasteiger partial charge in [0.1, 0.15) is 31.0 Å². The number of pyridine rings is 2. The number of nitrogens with zero attached hydrogens (tertiary/aromatic N) is 2. The normalized spacial score (nSPS) is 14.9. The highest BCUT2D eigenvalue weighted by molar-refractivity contribution is 5.98. The Morgan fingerprint density at radius 1 is 0.762 bits per heavy atom. The number of cyclic esters (lactones) is 1. The molecule has 23 nitrogen and oxygen atoms in total. The van der Waals surface area contributed by atoms with E-state index in [4.69, 9.17) is 43.9 Å². The number of fused-ring (bicyclic) bond motifs is 5. The van der Waals surface area contributed by atoms with Gasteiger partial charge >= 0.3 is 18.1 Å². The Kier molecular flexibility index (Phi) is 26.2. The number of hydrogen-bond acceptors (Lipinski definition) is 16. The predicted octanol–water partition coefficient (Wildman–Crippen LogP) is 6.02. The minimum atomic E-state index is -1.91. The molecule has 0 fully saturated rings. The first-order valence-electron chi connectivity index (χ1n) is 29.4. The van der Waals surface area contributed by atoms with Crippen LogP contribution in [0.2, 0.25) is 0 Å². The van der Waals surface area contributed by atoms with Gasteiger partial charge in [0, 0.05) is 61.5 Å². The van der Waals surface area contributed by atoms with Crippen LogP contribution >= 0.6 is 0 Å². The molecule has 84 heavy (non-hydrogen) atoms. The van der Waals surface area contributed by atoms with Crippen molar-refractivity contribution in [1.29, 1.82) is 0 Å². The van der Waals surface area contributed by atoms with Crippen LogP contribution in [-0.2, 0) is 79.4 Å². The Balaban J connectivity index is 0.886. The molecule has 4 heterocycles. The molecule has 6 rings (SSSR count). The van der Waals surface area contributed by atoms with Crippen molar-refractivity contribution in [1.82, 2.24) is 30.8 Å². The second kappa shape index (κ2) is 33.3. The van der Waals surface area contributed by atoms with Gasteiger partial charge in [0.2, 0.25) is 17.7 Å². The van der Waals surface area contributed by atoms with Crippen LogP contribution in [0.1, 0.15) is 127 Å². The quantitative estimate of drug-likeness (QED) is 0.0177. The molecule has 2 aliphatic heterocycles. The third-order valence-corrected chi connectivity index (χ3v) is 14.6. The Labute approximate surface area is 491 Å². The van der Waals surface area contributed by atoms with E-state index in [1.165, 1.54) is 0 Å². The lowest BCUT2D eigenvalue weighted by Crippen LogP contribution is -2.54. The largest absolute Gasteiger partial charge is 0.494 e. The maximum Gasteiger partial charge on any atom is 0.407 e. The number of alkyl carbamates (subject to hydrolysis) is 1. The Bertz CT molecular complexity index is 2920. The summed E-state index contributed by atoms with van der Waals surface area (Å²) >= 11 is 0. The van der Waals surface area contributed by atoms with Gasteiger partial charge < -0.3 is 75.1 Å². The van der Waals surface area contributed by atoms with Gasteiger partial charge in [-0.3, -0.25) is 19.2 Å². The molecule has 23 heteroatoms. The second-order valence-corrected chi connectivity index (χ2v) is 21.7. The maximum atomic E-state index is 13.7. The molecule has 2 aromatic heterocycles. The van der Waals surface area contributed by atoms with Crippen LogP contribution < -0.4 is 42.6 Å². The van der Waals surface area contributed by atoms with Crippen molar-refractivity contribution in [2.24, 2.45) is 17.6 Å². The Hall–Kier alpha value is -7.18. The smallest absolute Gasteiger partial charge is 0.407 e. The number of carbonyl (C=O) groups excluding carboxylic acids is 6. The average molecular weight is 1170 g/mol. The van der Waals surface area contributed by atoms with E-state index in [-0.39, 0.29) is 93.8 Å². The third kappa shape index (κ3) is 19.2. The summed E-state index contributed by atoms with van der Waals surface area (Å²) in [5.41, 5.74) is 8.37. The lowest BCUT2D eigenvalue weighted by atomic mass is 9.86. The van der Waals surface area contributed by atoms with E-state index in [9.17, 15) is 38.7 Å². The molecule has 6 amide bonds. The monoisotopic (exact) mass is 1170 g/mol.